The lowest BCUT2D eigenvalue weighted by Gasteiger charge is -2.34. The third kappa shape index (κ3) is 5.28. The van der Waals surface area contributed by atoms with Crippen molar-refractivity contribution in [3.8, 4) is 68.0 Å². The highest BCUT2D eigenvalue weighted by molar-refractivity contribution is 6.25. The van der Waals surface area contributed by atoms with Gasteiger partial charge in [-0.15, -0.1) is 0 Å². The largest absolute Gasteiger partial charge is 0.449 e. The molecule has 63 heavy (non-hydrogen) atoms. The molecule has 4 heteroatoms. The SMILES string of the molecule is c1ccc(-c2cc(-c3ccc4c5ccccc5c5ccccc5c4c3)nc(-c3cccc4c3Oc3c(ccc5c3-c3ccccc3C5(c3ccccc3)c3ccccc3)O4)n2)cc1. The standard InChI is InChI=1S/C59H36N2O2/c1-4-17-37(18-5-1)51-36-52(38-31-32-45-43-25-11-10-23-41(43)42-24-12-13-26-44(42)48(45)35-38)61-58(60-51)47-28-16-30-53-56(47)63-57-54(62-53)34-33-50-55(57)46-27-14-15-29-49(46)59(50,39-19-6-2-7-20-39)40-21-8-3-9-22-40/h1-36H. The Labute approximate surface area is 364 Å². The van der Waals surface area contributed by atoms with E-state index >= 15 is 0 Å². The lowest BCUT2D eigenvalue weighted by atomic mass is 9.68. The van der Waals surface area contributed by atoms with Crippen LogP contribution in [0.15, 0.2) is 218 Å². The van der Waals surface area contributed by atoms with Crippen molar-refractivity contribution < 1.29 is 9.47 Å². The molecule has 0 saturated carbocycles. The Kier molecular flexibility index (Phi) is 7.79. The Balaban J connectivity index is 1.01. The van der Waals surface area contributed by atoms with Crippen LogP contribution in [-0.2, 0) is 5.41 Å². The topological polar surface area (TPSA) is 44.2 Å². The van der Waals surface area contributed by atoms with Gasteiger partial charge in [0.05, 0.1) is 22.4 Å². The van der Waals surface area contributed by atoms with Crippen molar-refractivity contribution in [2.24, 2.45) is 0 Å². The highest BCUT2D eigenvalue weighted by Gasteiger charge is 2.48. The molecular formula is C59H36N2O2. The summed E-state index contributed by atoms with van der Waals surface area (Å²) >= 11 is 0. The summed E-state index contributed by atoms with van der Waals surface area (Å²) in [5.41, 5.74) is 10.7. The lowest BCUT2D eigenvalue weighted by molar-refractivity contribution is 0.361. The number of benzene rings is 10. The minimum absolute atomic E-state index is 0.551. The number of nitrogens with zero attached hydrogens (tertiary/aromatic N) is 2. The first-order valence-corrected chi connectivity index (χ1v) is 21.4. The highest BCUT2D eigenvalue weighted by atomic mass is 16.6. The normalized spacial score (nSPS) is 13.1. The molecule has 1 aliphatic heterocycles. The van der Waals surface area contributed by atoms with Crippen molar-refractivity contribution in [2.45, 2.75) is 5.41 Å². The summed E-state index contributed by atoms with van der Waals surface area (Å²) in [4.78, 5) is 10.7. The van der Waals surface area contributed by atoms with E-state index in [0.717, 1.165) is 44.8 Å². The number of rotatable bonds is 5. The van der Waals surface area contributed by atoms with Gasteiger partial charge in [-0.25, -0.2) is 9.97 Å². The van der Waals surface area contributed by atoms with Gasteiger partial charge in [0, 0.05) is 16.7 Å². The molecule has 0 spiro atoms. The van der Waals surface area contributed by atoms with Gasteiger partial charge in [-0.2, -0.15) is 0 Å². The van der Waals surface area contributed by atoms with Crippen LogP contribution in [-0.4, -0.2) is 9.97 Å². The fourth-order valence-electron chi connectivity index (χ4n) is 10.3. The van der Waals surface area contributed by atoms with Gasteiger partial charge in [0.2, 0.25) is 0 Å². The molecule has 1 aromatic heterocycles. The predicted molar refractivity (Wildman–Crippen MR) is 255 cm³/mol. The summed E-state index contributed by atoms with van der Waals surface area (Å²) in [5, 5.41) is 7.33. The lowest BCUT2D eigenvalue weighted by Crippen LogP contribution is -2.28. The van der Waals surface area contributed by atoms with Crippen LogP contribution in [0.1, 0.15) is 22.3 Å². The molecule has 1 aliphatic carbocycles. The summed E-state index contributed by atoms with van der Waals surface area (Å²) in [6, 6.07) is 77.1. The molecule has 0 saturated heterocycles. The van der Waals surface area contributed by atoms with E-state index in [-0.39, 0.29) is 0 Å². The third-order valence-electron chi connectivity index (χ3n) is 13.0. The zero-order valence-electron chi connectivity index (χ0n) is 34.0. The van der Waals surface area contributed by atoms with Crippen LogP contribution in [0.25, 0.3) is 77.3 Å². The number of aromatic nitrogens is 2. The van der Waals surface area contributed by atoms with E-state index in [4.69, 9.17) is 19.4 Å². The maximum atomic E-state index is 7.26. The average molecular weight is 805 g/mol. The van der Waals surface area contributed by atoms with Crippen LogP contribution < -0.4 is 9.47 Å². The minimum Gasteiger partial charge on any atom is -0.449 e. The zero-order chi connectivity index (χ0) is 41.5. The Morgan fingerprint density at radius 3 is 1.56 bits per heavy atom. The van der Waals surface area contributed by atoms with Gasteiger partial charge >= 0.3 is 0 Å². The zero-order valence-corrected chi connectivity index (χ0v) is 34.0. The second-order valence-electron chi connectivity index (χ2n) is 16.4. The third-order valence-corrected chi connectivity index (χ3v) is 13.0. The molecule has 0 amide bonds. The Morgan fingerprint density at radius 2 is 0.873 bits per heavy atom. The summed E-state index contributed by atoms with van der Waals surface area (Å²) in [6.07, 6.45) is 0. The van der Waals surface area contributed by atoms with Crippen LogP contribution in [0.5, 0.6) is 23.0 Å². The number of para-hydroxylation sites is 1. The molecule has 0 fully saturated rings. The minimum atomic E-state index is -0.577. The quantitative estimate of drug-likeness (QED) is 0.163. The first-order chi connectivity index (χ1) is 31.2. The van der Waals surface area contributed by atoms with Crippen LogP contribution in [0.4, 0.5) is 0 Å². The molecule has 294 valence electrons. The second-order valence-corrected chi connectivity index (χ2v) is 16.4. The molecular weight excluding hydrogens is 769 g/mol. The molecule has 11 aromatic rings. The summed E-state index contributed by atoms with van der Waals surface area (Å²) in [6.45, 7) is 0. The fraction of sp³-hybridized carbons (Fsp3) is 0.0169. The van der Waals surface area contributed by atoms with Crippen LogP contribution in [0.3, 0.4) is 0 Å². The van der Waals surface area contributed by atoms with Gasteiger partial charge < -0.3 is 9.47 Å². The van der Waals surface area contributed by atoms with Gasteiger partial charge in [0.1, 0.15) is 0 Å². The van der Waals surface area contributed by atoms with Crippen molar-refractivity contribution in [3.05, 3.63) is 241 Å². The molecule has 13 rings (SSSR count). The van der Waals surface area contributed by atoms with Crippen molar-refractivity contribution >= 4 is 32.3 Å². The first-order valence-electron chi connectivity index (χ1n) is 21.4. The van der Waals surface area contributed by atoms with E-state index in [9.17, 15) is 0 Å². The number of fused-ring (bicyclic) bond motifs is 12. The van der Waals surface area contributed by atoms with E-state index in [1.165, 1.54) is 49.0 Å². The van der Waals surface area contributed by atoms with Crippen molar-refractivity contribution in [1.82, 2.24) is 9.97 Å². The molecule has 0 atom stereocenters. The summed E-state index contributed by atoms with van der Waals surface area (Å²) < 4.78 is 14.1. The monoisotopic (exact) mass is 804 g/mol. The molecule has 2 aliphatic rings. The molecule has 0 unspecified atom stereocenters. The van der Waals surface area contributed by atoms with Gasteiger partial charge in [0.15, 0.2) is 28.8 Å². The average Bonchev–Trinajstić information content (AvgIpc) is 3.67. The van der Waals surface area contributed by atoms with Crippen molar-refractivity contribution in [1.29, 1.82) is 0 Å². The smallest absolute Gasteiger partial charge is 0.181 e. The van der Waals surface area contributed by atoms with Crippen LogP contribution in [0.2, 0.25) is 0 Å². The van der Waals surface area contributed by atoms with E-state index in [2.05, 4.69) is 182 Å². The van der Waals surface area contributed by atoms with Crippen LogP contribution in [0, 0.1) is 0 Å². The van der Waals surface area contributed by atoms with E-state index in [1.807, 2.05) is 36.4 Å². The van der Waals surface area contributed by atoms with Gasteiger partial charge in [0.25, 0.3) is 0 Å². The highest BCUT2D eigenvalue weighted by Crippen LogP contribution is 2.62. The Hall–Kier alpha value is -8.34. The Morgan fingerprint density at radius 1 is 0.333 bits per heavy atom. The number of ether oxygens (including phenoxy) is 2. The van der Waals surface area contributed by atoms with E-state index in [1.54, 1.807) is 0 Å². The summed E-state index contributed by atoms with van der Waals surface area (Å²) in [5.74, 6) is 3.10. The number of hydrogen-bond donors (Lipinski definition) is 0. The predicted octanol–water partition coefficient (Wildman–Crippen LogP) is 15.2. The molecule has 2 heterocycles. The molecule has 0 N–H and O–H groups in total. The summed E-state index contributed by atoms with van der Waals surface area (Å²) in [7, 11) is 0. The van der Waals surface area contributed by atoms with Gasteiger partial charge in [-0.05, 0) is 90.5 Å². The van der Waals surface area contributed by atoms with Crippen LogP contribution >= 0.6 is 0 Å². The van der Waals surface area contributed by atoms with Crippen molar-refractivity contribution in [2.75, 3.05) is 0 Å². The van der Waals surface area contributed by atoms with E-state index in [0.29, 0.717) is 28.8 Å². The molecule has 10 aromatic carbocycles. The second kappa shape index (κ2) is 13.8. The van der Waals surface area contributed by atoms with Gasteiger partial charge in [-0.3, -0.25) is 0 Å². The maximum absolute atomic E-state index is 7.26. The van der Waals surface area contributed by atoms with Gasteiger partial charge in [-0.1, -0.05) is 188 Å². The molecule has 0 radical (unpaired) electrons. The maximum Gasteiger partial charge on any atom is 0.181 e. The Bertz CT molecular complexity index is 3550. The fourth-order valence-corrected chi connectivity index (χ4v) is 10.3. The first kappa shape index (κ1) is 35.4. The molecule has 4 nitrogen and oxygen atoms in total. The number of hydrogen-bond acceptors (Lipinski definition) is 4. The molecule has 0 bridgehead atoms. The van der Waals surface area contributed by atoms with E-state index < -0.39 is 5.41 Å². The van der Waals surface area contributed by atoms with Crippen molar-refractivity contribution in [3.63, 3.8) is 0 Å².